The van der Waals surface area contributed by atoms with Crippen molar-refractivity contribution >= 4 is 28.3 Å². The lowest BCUT2D eigenvalue weighted by molar-refractivity contribution is -0.131. The molecule has 2 heterocycles. The number of benzene rings is 2. The fourth-order valence-electron chi connectivity index (χ4n) is 3.22. The number of thiazole rings is 1. The Kier molecular flexibility index (Phi) is 5.09. The Balaban J connectivity index is 1.72. The minimum atomic E-state index is -0.363. The lowest BCUT2D eigenvalue weighted by Crippen LogP contribution is -2.23. The van der Waals surface area contributed by atoms with E-state index in [0.717, 1.165) is 28.0 Å². The highest BCUT2D eigenvalue weighted by Gasteiger charge is 2.13. The van der Waals surface area contributed by atoms with Gasteiger partial charge in [0.2, 0.25) is 4.96 Å². The topological polar surface area (TPSA) is 82.8 Å². The van der Waals surface area contributed by atoms with Crippen LogP contribution in [-0.2, 0) is 4.79 Å². The second-order valence-corrected chi connectivity index (χ2v) is 7.86. The number of hydrogen-bond acceptors (Lipinski definition) is 7. The fraction of sp³-hybridized carbons (Fsp3) is 0.182. The molecule has 2 aromatic heterocycles. The quantitative estimate of drug-likeness (QED) is 0.372. The number of carbonyl (C=O) groups is 1. The molecule has 0 atom stereocenters. The second kappa shape index (κ2) is 7.72. The maximum absolute atomic E-state index is 12.8. The normalized spacial score (nSPS) is 11.8. The zero-order valence-corrected chi connectivity index (χ0v) is 17.7. The van der Waals surface area contributed by atoms with E-state index in [0.29, 0.717) is 21.1 Å². The molecule has 0 saturated heterocycles. The van der Waals surface area contributed by atoms with Crippen LogP contribution in [0.2, 0.25) is 0 Å². The fourth-order valence-corrected chi connectivity index (χ4v) is 4.13. The molecule has 152 valence electrons. The lowest BCUT2D eigenvalue weighted by Gasteiger charge is -2.10. The molecule has 30 heavy (non-hydrogen) atoms. The van der Waals surface area contributed by atoms with Crippen LogP contribution >= 0.6 is 11.3 Å². The third-order valence-electron chi connectivity index (χ3n) is 4.56. The van der Waals surface area contributed by atoms with Crippen LogP contribution in [0, 0.1) is 13.8 Å². The first-order valence-electron chi connectivity index (χ1n) is 9.21. The van der Waals surface area contributed by atoms with Crippen molar-refractivity contribution in [2.75, 3.05) is 7.11 Å². The van der Waals surface area contributed by atoms with E-state index in [2.05, 4.69) is 10.1 Å². The molecule has 0 fully saturated rings. The lowest BCUT2D eigenvalue weighted by atomic mass is 10.1. The zero-order valence-electron chi connectivity index (χ0n) is 16.9. The van der Waals surface area contributed by atoms with E-state index in [1.807, 2.05) is 50.2 Å². The van der Waals surface area contributed by atoms with Gasteiger partial charge in [0.05, 0.1) is 11.6 Å². The zero-order chi connectivity index (χ0) is 21.4. The van der Waals surface area contributed by atoms with Gasteiger partial charge in [-0.25, -0.2) is 0 Å². The van der Waals surface area contributed by atoms with Crippen LogP contribution in [0.3, 0.4) is 0 Å². The van der Waals surface area contributed by atoms with Crippen LogP contribution in [0.15, 0.2) is 41.2 Å². The van der Waals surface area contributed by atoms with E-state index in [-0.39, 0.29) is 11.5 Å². The third kappa shape index (κ3) is 3.69. The molecule has 7 nitrogen and oxygen atoms in total. The molecule has 0 amide bonds. The van der Waals surface area contributed by atoms with Gasteiger partial charge in [-0.2, -0.15) is 9.50 Å². The highest BCUT2D eigenvalue weighted by Crippen LogP contribution is 2.25. The predicted molar refractivity (Wildman–Crippen MR) is 115 cm³/mol. The van der Waals surface area contributed by atoms with Crippen molar-refractivity contribution < 1.29 is 14.3 Å². The average Bonchev–Trinajstić information content (AvgIpc) is 3.24. The highest BCUT2D eigenvalue weighted by atomic mass is 32.1. The van der Waals surface area contributed by atoms with Crippen LogP contribution in [0.5, 0.6) is 11.5 Å². The smallest absolute Gasteiger partial charge is 0.308 e. The highest BCUT2D eigenvalue weighted by molar-refractivity contribution is 7.15. The summed E-state index contributed by atoms with van der Waals surface area (Å²) >= 11 is 1.28. The Morgan fingerprint density at radius 2 is 1.80 bits per heavy atom. The number of nitrogens with zero attached hydrogens (tertiary/aromatic N) is 3. The van der Waals surface area contributed by atoms with E-state index in [9.17, 15) is 9.59 Å². The van der Waals surface area contributed by atoms with Crippen LogP contribution in [-0.4, -0.2) is 27.7 Å². The van der Waals surface area contributed by atoms with Crippen molar-refractivity contribution in [3.8, 4) is 22.9 Å². The van der Waals surface area contributed by atoms with Crippen molar-refractivity contribution in [1.82, 2.24) is 14.6 Å². The molecule has 0 saturated carbocycles. The first-order valence-corrected chi connectivity index (χ1v) is 10.0. The van der Waals surface area contributed by atoms with Gasteiger partial charge >= 0.3 is 5.97 Å². The van der Waals surface area contributed by atoms with Crippen LogP contribution in [0.4, 0.5) is 0 Å². The molecular weight excluding hydrogens is 402 g/mol. The van der Waals surface area contributed by atoms with Crippen molar-refractivity contribution in [3.63, 3.8) is 0 Å². The van der Waals surface area contributed by atoms with Gasteiger partial charge in [-0.3, -0.25) is 9.59 Å². The van der Waals surface area contributed by atoms with Gasteiger partial charge in [0.15, 0.2) is 5.82 Å². The summed E-state index contributed by atoms with van der Waals surface area (Å²) in [7, 11) is 1.61. The average molecular weight is 421 g/mol. The summed E-state index contributed by atoms with van der Waals surface area (Å²) in [5.74, 6) is 1.42. The third-order valence-corrected chi connectivity index (χ3v) is 5.52. The molecule has 0 aliphatic carbocycles. The van der Waals surface area contributed by atoms with Crippen LogP contribution in [0.25, 0.3) is 22.4 Å². The molecule has 0 spiro atoms. The van der Waals surface area contributed by atoms with Gasteiger partial charge in [0.25, 0.3) is 5.56 Å². The standard InChI is InChI=1S/C22H19N3O4S/c1-12-9-15(10-13(2)19(12)29-14(3)26)11-18-21(27)25-22(30-18)23-20(24-25)16-5-7-17(28-4)8-6-16/h5-11H,1-4H3/b18-11-. The van der Waals surface area contributed by atoms with Crippen LogP contribution < -0.4 is 19.6 Å². The molecule has 0 N–H and O–H groups in total. The predicted octanol–water partition coefficient (Wildman–Crippen LogP) is 2.92. The number of rotatable bonds is 4. The number of methoxy groups -OCH3 is 1. The minimum Gasteiger partial charge on any atom is -0.497 e. The number of ether oxygens (including phenoxy) is 2. The monoisotopic (exact) mass is 421 g/mol. The number of aromatic nitrogens is 3. The first-order chi connectivity index (χ1) is 14.4. The molecule has 4 rings (SSSR count). The van der Waals surface area contributed by atoms with Crippen molar-refractivity contribution in [2.24, 2.45) is 0 Å². The van der Waals surface area contributed by atoms with E-state index >= 15 is 0 Å². The Morgan fingerprint density at radius 1 is 1.13 bits per heavy atom. The molecule has 0 bridgehead atoms. The number of fused-ring (bicyclic) bond motifs is 1. The van der Waals surface area contributed by atoms with Gasteiger partial charge < -0.3 is 9.47 Å². The van der Waals surface area contributed by atoms with Crippen LogP contribution in [0.1, 0.15) is 23.6 Å². The largest absolute Gasteiger partial charge is 0.497 e. The Bertz CT molecular complexity index is 1350. The molecule has 0 unspecified atom stereocenters. The minimum absolute atomic E-state index is 0.221. The number of esters is 1. The van der Waals surface area contributed by atoms with Gasteiger partial charge in [-0.1, -0.05) is 11.3 Å². The van der Waals surface area contributed by atoms with Gasteiger partial charge in [0.1, 0.15) is 11.5 Å². The Labute approximate surface area is 176 Å². The first kappa shape index (κ1) is 19.8. The second-order valence-electron chi connectivity index (χ2n) is 6.85. The molecule has 8 heteroatoms. The summed E-state index contributed by atoms with van der Waals surface area (Å²) in [5.41, 5.74) is 3.08. The van der Waals surface area contributed by atoms with E-state index in [1.54, 1.807) is 13.2 Å². The SMILES string of the molecule is COc1ccc(-c2nc3s/c(=C\c4cc(C)c(OC(C)=O)c(C)c4)c(=O)n3n2)cc1. The summed E-state index contributed by atoms with van der Waals surface area (Å²) in [6, 6.07) is 11.1. The summed E-state index contributed by atoms with van der Waals surface area (Å²) < 4.78 is 12.3. The number of hydrogen-bond donors (Lipinski definition) is 0. The van der Waals surface area contributed by atoms with Crippen molar-refractivity contribution in [2.45, 2.75) is 20.8 Å². The molecular formula is C22H19N3O4S. The van der Waals surface area contributed by atoms with Gasteiger partial charge in [0, 0.05) is 12.5 Å². The molecule has 0 aliphatic heterocycles. The van der Waals surface area contributed by atoms with E-state index in [4.69, 9.17) is 9.47 Å². The Hall–Kier alpha value is -3.52. The van der Waals surface area contributed by atoms with Gasteiger partial charge in [-0.15, -0.1) is 5.10 Å². The maximum atomic E-state index is 12.8. The Morgan fingerprint density at radius 3 is 2.37 bits per heavy atom. The number of aryl methyl sites for hydroxylation is 2. The molecule has 0 radical (unpaired) electrons. The van der Waals surface area contributed by atoms with Crippen molar-refractivity contribution in [1.29, 1.82) is 0 Å². The van der Waals surface area contributed by atoms with E-state index < -0.39 is 0 Å². The van der Waals surface area contributed by atoms with Gasteiger partial charge in [-0.05, 0) is 73.0 Å². The summed E-state index contributed by atoms with van der Waals surface area (Å²) in [5, 5.41) is 4.37. The molecule has 2 aromatic carbocycles. The maximum Gasteiger partial charge on any atom is 0.308 e. The summed E-state index contributed by atoms with van der Waals surface area (Å²) in [6.45, 7) is 5.10. The summed E-state index contributed by atoms with van der Waals surface area (Å²) in [4.78, 5) is 29.1. The molecule has 4 aromatic rings. The number of carbonyl (C=O) groups excluding carboxylic acids is 1. The van der Waals surface area contributed by atoms with E-state index in [1.165, 1.54) is 22.8 Å². The summed E-state index contributed by atoms with van der Waals surface area (Å²) in [6.07, 6.45) is 1.80. The van der Waals surface area contributed by atoms with Crippen molar-refractivity contribution in [3.05, 3.63) is 68.0 Å². The molecule has 0 aliphatic rings.